The minimum Gasteiger partial charge on any atom is -0.480 e. The lowest BCUT2D eigenvalue weighted by Gasteiger charge is -2.16. The van der Waals surface area contributed by atoms with Crippen LogP contribution in [0, 0.1) is 0 Å². The lowest BCUT2D eigenvalue weighted by molar-refractivity contribution is 0.0949. The van der Waals surface area contributed by atoms with E-state index in [9.17, 15) is 4.79 Å². The first kappa shape index (κ1) is 15.8. The fourth-order valence-corrected chi connectivity index (χ4v) is 2.76. The van der Waals surface area contributed by atoms with Crippen molar-refractivity contribution in [3.63, 3.8) is 0 Å². The number of nitrogens with one attached hydrogen (secondary N) is 2. The molecule has 5 heteroatoms. The molecule has 0 atom stereocenters. The summed E-state index contributed by atoms with van der Waals surface area (Å²) >= 11 is 0. The first-order chi connectivity index (χ1) is 10.3. The Balaban J connectivity index is 1.71. The number of nitrogens with zero attached hydrogens (tertiary/aromatic N) is 1. The van der Waals surface area contributed by atoms with Gasteiger partial charge in [-0.3, -0.25) is 4.79 Å². The molecule has 2 N–H and O–H groups in total. The smallest absolute Gasteiger partial charge is 0.256 e. The van der Waals surface area contributed by atoms with Crippen LogP contribution in [0.4, 0.5) is 0 Å². The van der Waals surface area contributed by atoms with Crippen LogP contribution >= 0.6 is 0 Å². The maximum Gasteiger partial charge on any atom is 0.256 e. The van der Waals surface area contributed by atoms with Crippen LogP contribution in [0.2, 0.25) is 0 Å². The number of pyridine rings is 1. The number of carbonyl (C=O) groups is 1. The van der Waals surface area contributed by atoms with Crippen molar-refractivity contribution in [3.8, 4) is 5.88 Å². The zero-order valence-corrected chi connectivity index (χ0v) is 12.7. The molecular formula is C16H25N3O2. The molecular weight excluding hydrogens is 266 g/mol. The molecule has 1 aliphatic rings. The quantitative estimate of drug-likeness (QED) is 0.622. The maximum absolute atomic E-state index is 12.1. The number of carbonyl (C=O) groups excluding carboxylic acids is 1. The minimum absolute atomic E-state index is 0.136. The number of aromatic nitrogens is 1. The third kappa shape index (κ3) is 5.01. The van der Waals surface area contributed by atoms with Gasteiger partial charge in [-0.1, -0.05) is 25.7 Å². The van der Waals surface area contributed by atoms with Gasteiger partial charge >= 0.3 is 0 Å². The van der Waals surface area contributed by atoms with Crippen molar-refractivity contribution in [2.24, 2.45) is 0 Å². The van der Waals surface area contributed by atoms with E-state index in [0.29, 0.717) is 24.0 Å². The highest BCUT2D eigenvalue weighted by Crippen LogP contribution is 2.17. The molecule has 116 valence electrons. The zero-order valence-electron chi connectivity index (χ0n) is 12.7. The topological polar surface area (TPSA) is 63.2 Å². The molecule has 1 saturated carbocycles. The number of ether oxygens (including phenoxy) is 1. The molecule has 0 aromatic carbocycles. The number of methoxy groups -OCH3 is 1. The molecule has 1 aromatic heterocycles. The molecule has 1 aliphatic carbocycles. The summed E-state index contributed by atoms with van der Waals surface area (Å²) in [6.45, 7) is 1.42. The second kappa shape index (κ2) is 8.62. The molecule has 0 aliphatic heterocycles. The summed E-state index contributed by atoms with van der Waals surface area (Å²) in [5, 5.41) is 6.44. The van der Waals surface area contributed by atoms with Crippen LogP contribution < -0.4 is 15.4 Å². The highest BCUT2D eigenvalue weighted by molar-refractivity contribution is 5.96. The van der Waals surface area contributed by atoms with E-state index in [0.717, 1.165) is 6.54 Å². The van der Waals surface area contributed by atoms with E-state index >= 15 is 0 Å². The van der Waals surface area contributed by atoms with Gasteiger partial charge in [0.05, 0.1) is 7.11 Å². The molecule has 5 nitrogen and oxygen atoms in total. The Bertz CT molecular complexity index is 443. The zero-order chi connectivity index (χ0) is 14.9. The molecule has 0 spiro atoms. The fourth-order valence-electron chi connectivity index (χ4n) is 2.76. The van der Waals surface area contributed by atoms with Gasteiger partial charge in [0, 0.05) is 25.3 Å². The van der Waals surface area contributed by atoms with E-state index in [-0.39, 0.29) is 5.91 Å². The van der Waals surface area contributed by atoms with Gasteiger partial charge in [0.2, 0.25) is 5.88 Å². The summed E-state index contributed by atoms with van der Waals surface area (Å²) < 4.78 is 5.09. The van der Waals surface area contributed by atoms with E-state index in [1.165, 1.54) is 45.6 Å². The SMILES string of the molecule is COc1ncccc1C(=O)NCCNC1CCCCCC1. The summed E-state index contributed by atoms with van der Waals surface area (Å²) in [5.41, 5.74) is 0.481. The second-order valence-electron chi connectivity index (χ2n) is 5.46. The Morgan fingerprint density at radius 3 is 2.76 bits per heavy atom. The molecule has 0 radical (unpaired) electrons. The predicted octanol–water partition coefficient (Wildman–Crippen LogP) is 2.13. The van der Waals surface area contributed by atoms with Gasteiger partial charge < -0.3 is 15.4 Å². The maximum atomic E-state index is 12.1. The molecule has 21 heavy (non-hydrogen) atoms. The molecule has 1 heterocycles. The summed E-state index contributed by atoms with van der Waals surface area (Å²) in [7, 11) is 1.52. The van der Waals surface area contributed by atoms with Gasteiger partial charge in [-0.05, 0) is 25.0 Å². The first-order valence-electron chi connectivity index (χ1n) is 7.82. The number of amides is 1. The van der Waals surface area contributed by atoms with Crippen LogP contribution in [0.15, 0.2) is 18.3 Å². The van der Waals surface area contributed by atoms with Crippen molar-refractivity contribution in [1.82, 2.24) is 15.6 Å². The lowest BCUT2D eigenvalue weighted by Crippen LogP contribution is -2.37. The van der Waals surface area contributed by atoms with Gasteiger partial charge in [0.15, 0.2) is 0 Å². The van der Waals surface area contributed by atoms with Crippen LogP contribution in [0.25, 0.3) is 0 Å². The van der Waals surface area contributed by atoms with Gasteiger partial charge in [-0.2, -0.15) is 0 Å². The van der Waals surface area contributed by atoms with Crippen LogP contribution in [0.1, 0.15) is 48.9 Å². The van der Waals surface area contributed by atoms with E-state index < -0.39 is 0 Å². The number of hydrogen-bond acceptors (Lipinski definition) is 4. The number of rotatable bonds is 6. The largest absolute Gasteiger partial charge is 0.480 e. The lowest BCUT2D eigenvalue weighted by atomic mass is 10.1. The average molecular weight is 291 g/mol. The van der Waals surface area contributed by atoms with Crippen molar-refractivity contribution in [3.05, 3.63) is 23.9 Å². The molecule has 1 aromatic rings. The summed E-state index contributed by atoms with van der Waals surface area (Å²) in [4.78, 5) is 16.1. The van der Waals surface area contributed by atoms with Crippen molar-refractivity contribution < 1.29 is 9.53 Å². The van der Waals surface area contributed by atoms with Crippen LogP contribution in [-0.2, 0) is 0 Å². The molecule has 0 saturated heterocycles. The second-order valence-corrected chi connectivity index (χ2v) is 5.46. The van der Waals surface area contributed by atoms with Gasteiger partial charge in [-0.15, -0.1) is 0 Å². The van der Waals surface area contributed by atoms with Gasteiger partial charge in [0.1, 0.15) is 5.56 Å². The molecule has 0 unspecified atom stereocenters. The summed E-state index contributed by atoms with van der Waals surface area (Å²) in [6, 6.07) is 4.07. The Kier molecular flexibility index (Phi) is 6.47. The average Bonchev–Trinajstić information content (AvgIpc) is 2.80. The standard InChI is InChI=1S/C16H25N3O2/c1-21-16-14(9-6-10-19-16)15(20)18-12-11-17-13-7-4-2-3-5-8-13/h6,9-10,13,17H,2-5,7-8,11-12H2,1H3,(H,18,20). The Morgan fingerprint density at radius 1 is 1.29 bits per heavy atom. The third-order valence-electron chi connectivity index (χ3n) is 3.91. The van der Waals surface area contributed by atoms with Crippen LogP contribution in [-0.4, -0.2) is 37.1 Å². The summed E-state index contributed by atoms with van der Waals surface area (Å²) in [6.07, 6.45) is 9.47. The highest BCUT2D eigenvalue weighted by Gasteiger charge is 2.13. The van der Waals surface area contributed by atoms with Crippen molar-refractivity contribution in [2.75, 3.05) is 20.2 Å². The fraction of sp³-hybridized carbons (Fsp3) is 0.625. The van der Waals surface area contributed by atoms with Crippen molar-refractivity contribution in [2.45, 2.75) is 44.6 Å². The molecule has 2 rings (SSSR count). The Labute approximate surface area is 126 Å². The monoisotopic (exact) mass is 291 g/mol. The normalized spacial score (nSPS) is 16.2. The van der Waals surface area contributed by atoms with E-state index in [1.54, 1.807) is 18.3 Å². The molecule has 1 amide bonds. The van der Waals surface area contributed by atoms with E-state index in [4.69, 9.17) is 4.74 Å². The summed E-state index contributed by atoms with van der Waals surface area (Å²) in [5.74, 6) is 0.231. The van der Waals surface area contributed by atoms with E-state index in [1.807, 2.05) is 0 Å². The first-order valence-corrected chi connectivity index (χ1v) is 7.82. The van der Waals surface area contributed by atoms with Gasteiger partial charge in [0.25, 0.3) is 5.91 Å². The Morgan fingerprint density at radius 2 is 2.05 bits per heavy atom. The van der Waals surface area contributed by atoms with E-state index in [2.05, 4.69) is 15.6 Å². The van der Waals surface area contributed by atoms with Gasteiger partial charge in [-0.25, -0.2) is 4.98 Å². The highest BCUT2D eigenvalue weighted by atomic mass is 16.5. The number of hydrogen-bond donors (Lipinski definition) is 2. The minimum atomic E-state index is -0.136. The van der Waals surface area contributed by atoms with Crippen molar-refractivity contribution >= 4 is 5.91 Å². The van der Waals surface area contributed by atoms with Crippen molar-refractivity contribution in [1.29, 1.82) is 0 Å². The van der Waals surface area contributed by atoms with Crippen LogP contribution in [0.3, 0.4) is 0 Å². The predicted molar refractivity (Wildman–Crippen MR) is 82.6 cm³/mol. The van der Waals surface area contributed by atoms with Crippen LogP contribution in [0.5, 0.6) is 5.88 Å². The third-order valence-corrected chi connectivity index (χ3v) is 3.91. The molecule has 1 fully saturated rings. The molecule has 0 bridgehead atoms. The Hall–Kier alpha value is -1.62.